The van der Waals surface area contributed by atoms with Gasteiger partial charge >= 0.3 is 5.97 Å². The standard InChI is InChI=1S/C24H25NO4S/c1-5-28-24(27)22-21(18-9-7-6-8-10-18)17(4)30-23(22)25-20(26)14-29-19-12-15(2)11-16(3)13-19/h6-13H,5,14H2,1-4H3,(H,25,26). The van der Waals surface area contributed by atoms with Gasteiger partial charge in [-0.1, -0.05) is 36.4 Å². The van der Waals surface area contributed by atoms with E-state index < -0.39 is 5.97 Å². The molecule has 30 heavy (non-hydrogen) atoms. The van der Waals surface area contributed by atoms with Gasteiger partial charge in [0.25, 0.3) is 5.91 Å². The van der Waals surface area contributed by atoms with Crippen LogP contribution in [-0.4, -0.2) is 25.1 Å². The molecule has 0 aliphatic heterocycles. The van der Waals surface area contributed by atoms with Crippen LogP contribution in [-0.2, 0) is 9.53 Å². The van der Waals surface area contributed by atoms with Crippen molar-refractivity contribution >= 4 is 28.2 Å². The van der Waals surface area contributed by atoms with E-state index in [4.69, 9.17) is 9.47 Å². The summed E-state index contributed by atoms with van der Waals surface area (Å²) < 4.78 is 10.9. The third kappa shape index (κ3) is 5.07. The van der Waals surface area contributed by atoms with Crippen LogP contribution < -0.4 is 10.1 Å². The van der Waals surface area contributed by atoms with Gasteiger partial charge in [-0.05, 0) is 56.5 Å². The molecule has 0 radical (unpaired) electrons. The molecule has 0 aliphatic carbocycles. The summed E-state index contributed by atoms with van der Waals surface area (Å²) in [4.78, 5) is 26.2. The monoisotopic (exact) mass is 423 g/mol. The van der Waals surface area contributed by atoms with Crippen molar-refractivity contribution in [3.05, 3.63) is 70.1 Å². The number of aryl methyl sites for hydroxylation is 3. The van der Waals surface area contributed by atoms with Crippen molar-refractivity contribution in [1.82, 2.24) is 0 Å². The van der Waals surface area contributed by atoms with Crippen LogP contribution in [0.3, 0.4) is 0 Å². The van der Waals surface area contributed by atoms with Gasteiger partial charge in [0.05, 0.1) is 6.61 Å². The van der Waals surface area contributed by atoms with Crippen molar-refractivity contribution in [1.29, 1.82) is 0 Å². The van der Waals surface area contributed by atoms with Gasteiger partial charge in [0.15, 0.2) is 6.61 Å². The van der Waals surface area contributed by atoms with E-state index in [9.17, 15) is 9.59 Å². The second-order valence-electron chi connectivity index (χ2n) is 6.98. The van der Waals surface area contributed by atoms with E-state index in [1.54, 1.807) is 6.92 Å². The van der Waals surface area contributed by atoms with Crippen LogP contribution in [0.4, 0.5) is 5.00 Å². The van der Waals surface area contributed by atoms with E-state index in [1.807, 2.05) is 69.3 Å². The van der Waals surface area contributed by atoms with Crippen LogP contribution in [0.15, 0.2) is 48.5 Å². The molecule has 1 aromatic heterocycles. The van der Waals surface area contributed by atoms with Gasteiger partial charge in [-0.25, -0.2) is 4.79 Å². The first-order chi connectivity index (χ1) is 14.4. The van der Waals surface area contributed by atoms with Crippen LogP contribution in [0, 0.1) is 20.8 Å². The average molecular weight is 424 g/mol. The van der Waals surface area contributed by atoms with E-state index in [0.717, 1.165) is 27.1 Å². The quantitative estimate of drug-likeness (QED) is 0.507. The summed E-state index contributed by atoms with van der Waals surface area (Å²) in [6, 6.07) is 15.4. The van der Waals surface area contributed by atoms with Crippen LogP contribution in [0.1, 0.15) is 33.3 Å². The molecule has 0 saturated carbocycles. The number of benzene rings is 2. The summed E-state index contributed by atoms with van der Waals surface area (Å²) in [6.07, 6.45) is 0. The number of ether oxygens (including phenoxy) is 2. The second kappa shape index (κ2) is 9.59. The molecule has 0 aliphatic rings. The third-order valence-electron chi connectivity index (χ3n) is 4.44. The molecule has 3 rings (SSSR count). The highest BCUT2D eigenvalue weighted by molar-refractivity contribution is 7.17. The molecule has 0 unspecified atom stereocenters. The zero-order valence-electron chi connectivity index (χ0n) is 17.6. The van der Waals surface area contributed by atoms with Crippen LogP contribution in [0.5, 0.6) is 5.75 Å². The van der Waals surface area contributed by atoms with Gasteiger partial charge in [0.1, 0.15) is 16.3 Å². The van der Waals surface area contributed by atoms with Gasteiger partial charge < -0.3 is 14.8 Å². The highest BCUT2D eigenvalue weighted by Gasteiger charge is 2.25. The molecule has 2 aromatic carbocycles. The molecule has 0 atom stereocenters. The van der Waals surface area contributed by atoms with Crippen molar-refractivity contribution in [3.63, 3.8) is 0 Å². The Hall–Kier alpha value is -3.12. The summed E-state index contributed by atoms with van der Waals surface area (Å²) in [5, 5.41) is 3.31. The highest BCUT2D eigenvalue weighted by atomic mass is 32.1. The Morgan fingerprint density at radius 2 is 1.67 bits per heavy atom. The number of esters is 1. The lowest BCUT2D eigenvalue weighted by atomic mass is 10.0. The zero-order valence-corrected chi connectivity index (χ0v) is 18.4. The molecule has 6 heteroatoms. The van der Waals surface area contributed by atoms with Crippen molar-refractivity contribution in [2.75, 3.05) is 18.5 Å². The summed E-state index contributed by atoms with van der Waals surface area (Å²) >= 11 is 1.36. The molecule has 1 amide bonds. The molecular formula is C24H25NO4S. The van der Waals surface area contributed by atoms with Crippen molar-refractivity contribution in [3.8, 4) is 16.9 Å². The van der Waals surface area contributed by atoms with Gasteiger partial charge in [0.2, 0.25) is 0 Å². The minimum atomic E-state index is -0.453. The zero-order chi connectivity index (χ0) is 21.7. The van der Waals surface area contributed by atoms with Gasteiger partial charge in [-0.3, -0.25) is 4.79 Å². The Labute approximate surface area is 180 Å². The summed E-state index contributed by atoms with van der Waals surface area (Å²) in [5.74, 6) is -0.146. The van der Waals surface area contributed by atoms with Crippen LogP contribution >= 0.6 is 11.3 Å². The number of carbonyl (C=O) groups excluding carboxylic acids is 2. The van der Waals surface area contributed by atoms with E-state index in [0.29, 0.717) is 16.3 Å². The summed E-state index contributed by atoms with van der Waals surface area (Å²) in [5.41, 5.74) is 4.20. The molecule has 5 nitrogen and oxygen atoms in total. The lowest BCUT2D eigenvalue weighted by molar-refractivity contribution is -0.118. The average Bonchev–Trinajstić information content (AvgIpc) is 3.02. The minimum absolute atomic E-state index is 0.150. The summed E-state index contributed by atoms with van der Waals surface area (Å²) in [6.45, 7) is 7.75. The maximum atomic E-state index is 12.7. The predicted octanol–water partition coefficient (Wildman–Crippen LogP) is 5.53. The minimum Gasteiger partial charge on any atom is -0.484 e. The lowest BCUT2D eigenvalue weighted by Gasteiger charge is -2.10. The van der Waals surface area contributed by atoms with Crippen molar-refractivity contribution in [2.45, 2.75) is 27.7 Å². The Morgan fingerprint density at radius 1 is 1.00 bits per heavy atom. The largest absolute Gasteiger partial charge is 0.484 e. The number of nitrogens with one attached hydrogen (secondary N) is 1. The summed E-state index contributed by atoms with van der Waals surface area (Å²) in [7, 11) is 0. The topological polar surface area (TPSA) is 64.6 Å². The predicted molar refractivity (Wildman–Crippen MR) is 120 cm³/mol. The van der Waals surface area contributed by atoms with Crippen molar-refractivity contribution in [2.24, 2.45) is 0 Å². The SMILES string of the molecule is CCOC(=O)c1c(NC(=O)COc2cc(C)cc(C)c2)sc(C)c1-c1ccccc1. The van der Waals surface area contributed by atoms with Gasteiger partial charge in [-0.15, -0.1) is 11.3 Å². The van der Waals surface area contributed by atoms with Crippen molar-refractivity contribution < 1.29 is 19.1 Å². The fourth-order valence-electron chi connectivity index (χ4n) is 3.31. The molecule has 0 bridgehead atoms. The molecule has 1 N–H and O–H groups in total. The van der Waals surface area contributed by atoms with Gasteiger partial charge in [0, 0.05) is 10.4 Å². The van der Waals surface area contributed by atoms with Gasteiger partial charge in [-0.2, -0.15) is 0 Å². The molecule has 0 fully saturated rings. The Kier molecular flexibility index (Phi) is 6.90. The maximum absolute atomic E-state index is 12.7. The normalized spacial score (nSPS) is 10.5. The molecule has 156 valence electrons. The maximum Gasteiger partial charge on any atom is 0.341 e. The number of thiophene rings is 1. The van der Waals surface area contributed by atoms with Crippen LogP contribution in [0.2, 0.25) is 0 Å². The first-order valence-corrected chi connectivity index (χ1v) is 10.6. The van der Waals surface area contributed by atoms with Crippen LogP contribution in [0.25, 0.3) is 11.1 Å². The fourth-order valence-corrected chi connectivity index (χ4v) is 4.39. The molecule has 0 saturated heterocycles. The van der Waals surface area contributed by atoms with E-state index in [2.05, 4.69) is 5.32 Å². The highest BCUT2D eigenvalue weighted by Crippen LogP contribution is 2.40. The smallest absolute Gasteiger partial charge is 0.341 e. The number of hydrogen-bond acceptors (Lipinski definition) is 5. The number of rotatable bonds is 7. The molecular weight excluding hydrogens is 398 g/mol. The molecule has 0 spiro atoms. The lowest BCUT2D eigenvalue weighted by Crippen LogP contribution is -2.21. The van der Waals surface area contributed by atoms with E-state index >= 15 is 0 Å². The first-order valence-electron chi connectivity index (χ1n) is 9.76. The molecule has 3 aromatic rings. The number of anilines is 1. The third-order valence-corrected chi connectivity index (χ3v) is 5.47. The Morgan fingerprint density at radius 3 is 2.30 bits per heavy atom. The molecule has 1 heterocycles. The first kappa shape index (κ1) is 21.6. The number of carbonyl (C=O) groups is 2. The Bertz CT molecular complexity index is 1040. The number of amides is 1. The number of hydrogen-bond donors (Lipinski definition) is 1. The fraction of sp³-hybridized carbons (Fsp3) is 0.250. The van der Waals surface area contributed by atoms with E-state index in [-0.39, 0.29) is 19.1 Å². The second-order valence-corrected chi connectivity index (χ2v) is 8.21. The Balaban J connectivity index is 1.84. The van der Waals surface area contributed by atoms with E-state index in [1.165, 1.54) is 11.3 Å².